The molecule has 1 aromatic carbocycles. The van der Waals surface area contributed by atoms with Gasteiger partial charge in [0.1, 0.15) is 15.4 Å². The molecule has 2 saturated heterocycles. The second-order valence-electron chi connectivity index (χ2n) is 9.16. The van der Waals surface area contributed by atoms with E-state index in [-0.39, 0.29) is 0 Å². The van der Waals surface area contributed by atoms with Crippen LogP contribution in [0, 0.1) is 0 Å². The van der Waals surface area contributed by atoms with E-state index < -0.39 is 0 Å². The van der Waals surface area contributed by atoms with Crippen LogP contribution in [0.25, 0.3) is 32.6 Å². The van der Waals surface area contributed by atoms with Crippen LogP contribution in [0.3, 0.4) is 0 Å². The number of nitrogens with one attached hydrogen (secondary N) is 1. The Balaban J connectivity index is 1.29. The van der Waals surface area contributed by atoms with Crippen molar-refractivity contribution in [2.75, 3.05) is 57.4 Å². The van der Waals surface area contributed by atoms with Crippen molar-refractivity contribution in [3.63, 3.8) is 0 Å². The summed E-state index contributed by atoms with van der Waals surface area (Å²) in [7, 11) is 0. The summed E-state index contributed by atoms with van der Waals surface area (Å²) in [5.41, 5.74) is 4.54. The highest BCUT2D eigenvalue weighted by Crippen LogP contribution is 2.34. The van der Waals surface area contributed by atoms with E-state index in [1.54, 1.807) is 11.3 Å². The van der Waals surface area contributed by atoms with Gasteiger partial charge in [0.05, 0.1) is 19.8 Å². The monoisotopic (exact) mass is 473 g/mol. The molecule has 4 aromatic rings. The molecule has 0 aliphatic carbocycles. The van der Waals surface area contributed by atoms with Crippen LogP contribution < -0.4 is 4.90 Å². The molecule has 1 N–H and O–H groups in total. The first-order chi connectivity index (χ1) is 16.8. The number of morpholine rings is 1. The van der Waals surface area contributed by atoms with Crippen LogP contribution in [0.4, 0.5) is 5.82 Å². The normalized spacial score (nSPS) is 19.2. The molecule has 0 radical (unpaired) electrons. The molecule has 0 spiro atoms. The van der Waals surface area contributed by atoms with Gasteiger partial charge in [0.15, 0.2) is 11.6 Å². The molecule has 0 saturated carbocycles. The van der Waals surface area contributed by atoms with Crippen LogP contribution in [0.15, 0.2) is 42.2 Å². The Morgan fingerprint density at radius 2 is 1.91 bits per heavy atom. The van der Waals surface area contributed by atoms with Gasteiger partial charge in [-0.2, -0.15) is 0 Å². The highest BCUT2D eigenvalue weighted by molar-refractivity contribution is 7.18. The van der Waals surface area contributed by atoms with Crippen LogP contribution in [-0.2, 0) is 11.3 Å². The molecule has 3 aliphatic heterocycles. The minimum atomic E-state index is 0.713. The molecule has 3 aromatic heterocycles. The van der Waals surface area contributed by atoms with Gasteiger partial charge in [-0.05, 0) is 18.6 Å². The van der Waals surface area contributed by atoms with Gasteiger partial charge < -0.3 is 19.5 Å². The first-order valence-electron chi connectivity index (χ1n) is 12.0. The number of aromatic nitrogens is 4. The van der Waals surface area contributed by atoms with Crippen molar-refractivity contribution in [1.82, 2.24) is 29.7 Å². The number of rotatable bonds is 4. The van der Waals surface area contributed by atoms with Gasteiger partial charge in [0.25, 0.3) is 0 Å². The molecule has 0 unspecified atom stereocenters. The Morgan fingerprint density at radius 1 is 0.971 bits per heavy atom. The summed E-state index contributed by atoms with van der Waals surface area (Å²) in [5.74, 6) is 1.70. The van der Waals surface area contributed by atoms with Crippen molar-refractivity contribution >= 4 is 38.4 Å². The number of fused-ring (bicyclic) bond motifs is 3. The van der Waals surface area contributed by atoms with Crippen molar-refractivity contribution in [1.29, 1.82) is 0 Å². The largest absolute Gasteiger partial charge is 0.378 e. The van der Waals surface area contributed by atoms with Gasteiger partial charge in [-0.3, -0.25) is 4.90 Å². The Labute approximate surface area is 201 Å². The summed E-state index contributed by atoms with van der Waals surface area (Å²) in [5, 5.41) is 2.25. The van der Waals surface area contributed by atoms with Crippen molar-refractivity contribution in [3.05, 3.63) is 47.2 Å². The van der Waals surface area contributed by atoms with Crippen LogP contribution in [-0.4, -0.2) is 82.2 Å². The average Bonchev–Trinajstić information content (AvgIpc) is 3.62. The first kappa shape index (κ1) is 20.4. The molecule has 6 heterocycles. The lowest BCUT2D eigenvalue weighted by atomic mass is 10.1. The van der Waals surface area contributed by atoms with Gasteiger partial charge >= 0.3 is 0 Å². The number of piperazine rings is 1. The van der Waals surface area contributed by atoms with Gasteiger partial charge in [-0.15, -0.1) is 0 Å². The number of benzene rings is 1. The molecule has 174 valence electrons. The number of nitrogens with zero attached hydrogens (tertiary/aromatic N) is 6. The minimum absolute atomic E-state index is 0.713. The maximum absolute atomic E-state index is 5.61. The SMILES string of the molecule is C1=C2CN(Cc3nc4c(N5CCOCC5)nc(-c5cccc6[nH]ccc56)nc4s3)CCN2CC1. The zero-order chi connectivity index (χ0) is 22.5. The number of ether oxygens (including phenoxy) is 1. The van der Waals surface area contributed by atoms with E-state index in [0.717, 1.165) is 82.7 Å². The van der Waals surface area contributed by atoms with Crippen LogP contribution >= 0.6 is 11.3 Å². The predicted octanol–water partition coefficient (Wildman–Crippen LogP) is 3.48. The van der Waals surface area contributed by atoms with Gasteiger partial charge in [-0.25, -0.2) is 15.0 Å². The second-order valence-corrected chi connectivity index (χ2v) is 10.2. The number of H-pyrrole nitrogens is 1. The lowest BCUT2D eigenvalue weighted by molar-refractivity contribution is 0.122. The molecule has 3 aliphatic rings. The summed E-state index contributed by atoms with van der Waals surface area (Å²) < 4.78 is 5.61. The average molecular weight is 474 g/mol. The predicted molar refractivity (Wildman–Crippen MR) is 135 cm³/mol. The van der Waals surface area contributed by atoms with Gasteiger partial charge in [0, 0.05) is 67.6 Å². The van der Waals surface area contributed by atoms with Gasteiger partial charge in [-0.1, -0.05) is 29.5 Å². The molecule has 34 heavy (non-hydrogen) atoms. The molecule has 8 nitrogen and oxygen atoms in total. The number of hydrogen-bond donors (Lipinski definition) is 1. The number of thiazole rings is 1. The Hall–Kier alpha value is -3.01. The molecule has 0 atom stereocenters. The van der Waals surface area contributed by atoms with E-state index in [0.29, 0.717) is 13.2 Å². The summed E-state index contributed by atoms with van der Waals surface area (Å²) in [6.07, 6.45) is 5.54. The fourth-order valence-electron chi connectivity index (χ4n) is 5.29. The minimum Gasteiger partial charge on any atom is -0.378 e. The number of anilines is 1. The van der Waals surface area contributed by atoms with E-state index >= 15 is 0 Å². The Morgan fingerprint density at radius 3 is 2.85 bits per heavy atom. The van der Waals surface area contributed by atoms with Crippen LogP contribution in [0.5, 0.6) is 0 Å². The molecular weight excluding hydrogens is 446 g/mol. The number of hydrogen-bond acceptors (Lipinski definition) is 8. The lowest BCUT2D eigenvalue weighted by Gasteiger charge is -2.35. The topological polar surface area (TPSA) is 73.4 Å². The third-order valence-electron chi connectivity index (χ3n) is 7.05. The summed E-state index contributed by atoms with van der Waals surface area (Å²) >= 11 is 1.71. The van der Waals surface area contributed by atoms with E-state index in [9.17, 15) is 0 Å². The Kier molecular flexibility index (Phi) is 4.99. The smallest absolute Gasteiger partial charge is 0.163 e. The van der Waals surface area contributed by atoms with Crippen molar-refractivity contribution < 1.29 is 4.74 Å². The standard InChI is InChI=1S/C25H27N7OS/c1-4-19(18-6-7-26-20(18)5-1)23-28-24(32-11-13-33-14-12-32)22-25(29-23)34-21(27-22)16-30-9-10-31-8-2-3-17(31)15-30/h1,3-7,26H,2,8-16H2. The summed E-state index contributed by atoms with van der Waals surface area (Å²) in [6.45, 7) is 8.31. The van der Waals surface area contributed by atoms with Crippen molar-refractivity contribution in [2.45, 2.75) is 13.0 Å². The summed E-state index contributed by atoms with van der Waals surface area (Å²) in [6, 6.07) is 8.36. The molecule has 0 amide bonds. The van der Waals surface area contributed by atoms with Crippen LogP contribution in [0.1, 0.15) is 11.4 Å². The fourth-order valence-corrected chi connectivity index (χ4v) is 6.26. The third-order valence-corrected chi connectivity index (χ3v) is 7.98. The quantitative estimate of drug-likeness (QED) is 0.486. The molecule has 7 rings (SSSR count). The second kappa shape index (κ2) is 8.33. The van der Waals surface area contributed by atoms with E-state index in [2.05, 4.69) is 50.0 Å². The first-order valence-corrected chi connectivity index (χ1v) is 12.9. The lowest BCUT2D eigenvalue weighted by Crippen LogP contribution is -2.42. The molecular formula is C25H27N7OS. The van der Waals surface area contributed by atoms with Crippen molar-refractivity contribution in [3.8, 4) is 11.4 Å². The van der Waals surface area contributed by atoms with E-state index in [1.165, 1.54) is 18.7 Å². The Bertz CT molecular complexity index is 1390. The molecule has 0 bridgehead atoms. The fraction of sp³-hybridized carbons (Fsp3) is 0.400. The maximum atomic E-state index is 5.61. The molecule has 2 fully saturated rings. The van der Waals surface area contributed by atoms with E-state index in [1.807, 2.05) is 6.20 Å². The van der Waals surface area contributed by atoms with E-state index in [4.69, 9.17) is 19.7 Å². The van der Waals surface area contributed by atoms with Crippen molar-refractivity contribution in [2.24, 2.45) is 0 Å². The molecule has 9 heteroatoms. The zero-order valence-corrected chi connectivity index (χ0v) is 19.9. The highest BCUT2D eigenvalue weighted by atomic mass is 32.1. The zero-order valence-electron chi connectivity index (χ0n) is 19.0. The van der Waals surface area contributed by atoms with Crippen LogP contribution in [0.2, 0.25) is 0 Å². The third kappa shape index (κ3) is 3.55. The van der Waals surface area contributed by atoms with Gasteiger partial charge in [0.2, 0.25) is 0 Å². The summed E-state index contributed by atoms with van der Waals surface area (Å²) in [4.78, 5) is 26.8. The highest BCUT2D eigenvalue weighted by Gasteiger charge is 2.26. The number of aromatic amines is 1. The maximum Gasteiger partial charge on any atom is 0.163 e.